The number of hydrogen-bond donors (Lipinski definition) is 0. The van der Waals surface area contributed by atoms with Crippen LogP contribution in [0.1, 0.15) is 35.0 Å². The van der Waals surface area contributed by atoms with Gasteiger partial charge in [0.05, 0.1) is 33.3 Å². The molecule has 1 aliphatic rings. The van der Waals surface area contributed by atoms with Gasteiger partial charge in [0.15, 0.2) is 0 Å². The normalized spacial score (nSPS) is 14.9. The van der Waals surface area contributed by atoms with Crippen LogP contribution in [-0.2, 0) is 4.79 Å². The van der Waals surface area contributed by atoms with E-state index in [1.54, 1.807) is 29.8 Å². The molecule has 1 aliphatic heterocycles. The second-order valence-electron chi connectivity index (χ2n) is 7.90. The van der Waals surface area contributed by atoms with Gasteiger partial charge in [-0.3, -0.25) is 14.9 Å². The number of nitro benzene ring substituents is 1. The van der Waals surface area contributed by atoms with Gasteiger partial charge in [-0.05, 0) is 70.0 Å². The monoisotopic (exact) mass is 429 g/mol. The van der Waals surface area contributed by atoms with Gasteiger partial charge in [0, 0.05) is 23.4 Å². The molecule has 3 aromatic rings. The summed E-state index contributed by atoms with van der Waals surface area (Å²) in [6.07, 6.45) is 1.80. The van der Waals surface area contributed by atoms with Gasteiger partial charge in [0.25, 0.3) is 11.6 Å². The second kappa shape index (κ2) is 7.88. The van der Waals surface area contributed by atoms with Crippen LogP contribution < -0.4 is 5.01 Å². The van der Waals surface area contributed by atoms with Crippen LogP contribution in [-0.4, -0.2) is 26.3 Å². The smallest absolute Gasteiger partial charge is 0.267 e. The summed E-state index contributed by atoms with van der Waals surface area (Å²) in [5.74, 6) is -0.201. The number of nitrogens with zero attached hydrogens (tertiary/aromatic N) is 5. The van der Waals surface area contributed by atoms with Gasteiger partial charge in [0.2, 0.25) is 0 Å². The van der Waals surface area contributed by atoms with Crippen molar-refractivity contribution < 1.29 is 9.72 Å². The maximum absolute atomic E-state index is 13.2. The van der Waals surface area contributed by atoms with Crippen molar-refractivity contribution in [3.8, 4) is 5.69 Å². The second-order valence-corrected chi connectivity index (χ2v) is 7.90. The number of aryl methyl sites for hydroxylation is 3. The Morgan fingerprint density at radius 3 is 2.41 bits per heavy atom. The van der Waals surface area contributed by atoms with Crippen LogP contribution in [0.15, 0.2) is 53.1 Å². The number of carbonyl (C=O) groups excluding carboxylic acids is 1. The largest absolute Gasteiger partial charge is 0.280 e. The zero-order valence-corrected chi connectivity index (χ0v) is 18.6. The lowest BCUT2D eigenvalue weighted by Crippen LogP contribution is -2.21. The van der Waals surface area contributed by atoms with Crippen LogP contribution >= 0.6 is 0 Å². The van der Waals surface area contributed by atoms with Crippen LogP contribution in [0.25, 0.3) is 11.8 Å². The van der Waals surface area contributed by atoms with E-state index >= 15 is 0 Å². The Bertz CT molecular complexity index is 1330. The van der Waals surface area contributed by atoms with Crippen molar-refractivity contribution in [2.24, 2.45) is 5.10 Å². The quantitative estimate of drug-likeness (QED) is 0.338. The van der Waals surface area contributed by atoms with Gasteiger partial charge >= 0.3 is 0 Å². The Balaban J connectivity index is 1.72. The van der Waals surface area contributed by atoms with Crippen molar-refractivity contribution in [1.29, 1.82) is 0 Å². The van der Waals surface area contributed by atoms with Crippen LogP contribution in [0.3, 0.4) is 0 Å². The van der Waals surface area contributed by atoms with E-state index in [1.807, 2.05) is 45.9 Å². The van der Waals surface area contributed by atoms with Gasteiger partial charge < -0.3 is 0 Å². The molecule has 8 nitrogen and oxygen atoms in total. The summed E-state index contributed by atoms with van der Waals surface area (Å²) in [5, 5.41) is 21.6. The molecule has 0 radical (unpaired) electrons. The first-order valence-corrected chi connectivity index (χ1v) is 10.2. The number of nitro groups is 1. The zero-order chi connectivity index (χ0) is 23.2. The average Bonchev–Trinajstić information content (AvgIpc) is 3.20. The summed E-state index contributed by atoms with van der Waals surface area (Å²) in [4.78, 5) is 23.9. The molecule has 2 aromatic carbocycles. The van der Waals surface area contributed by atoms with Crippen LogP contribution in [0.4, 0.5) is 11.4 Å². The van der Waals surface area contributed by atoms with Crippen LogP contribution in [0.2, 0.25) is 0 Å². The standard InChI is InChI=1S/C24H23N5O3/c1-14-9-10-20(11-15(14)2)28-24(30)23(17(4)26-28)13-22-16(3)25-27(18(22)5)19-7-6-8-21(12-19)29(31)32/h6-13H,1-5H3/b23-13+. The van der Waals surface area contributed by atoms with E-state index in [4.69, 9.17) is 0 Å². The van der Waals surface area contributed by atoms with Gasteiger partial charge in [-0.1, -0.05) is 12.1 Å². The van der Waals surface area contributed by atoms with Crippen molar-refractivity contribution in [3.05, 3.63) is 86.2 Å². The highest BCUT2D eigenvalue weighted by molar-refractivity contribution is 6.32. The number of benzene rings is 2. The third-order valence-corrected chi connectivity index (χ3v) is 5.72. The summed E-state index contributed by atoms with van der Waals surface area (Å²) in [6, 6.07) is 12.1. The minimum atomic E-state index is -0.434. The fourth-order valence-corrected chi connectivity index (χ4v) is 3.71. The maximum Gasteiger partial charge on any atom is 0.280 e. The topological polar surface area (TPSA) is 93.6 Å². The molecule has 0 unspecified atom stereocenters. The molecule has 0 atom stereocenters. The molecule has 162 valence electrons. The molecule has 0 fully saturated rings. The van der Waals surface area contributed by atoms with Gasteiger partial charge in [-0.2, -0.15) is 15.2 Å². The fourth-order valence-electron chi connectivity index (χ4n) is 3.71. The lowest BCUT2D eigenvalue weighted by atomic mass is 10.1. The first kappa shape index (κ1) is 21.2. The highest BCUT2D eigenvalue weighted by Gasteiger charge is 2.29. The number of rotatable bonds is 4. The molecule has 32 heavy (non-hydrogen) atoms. The molecule has 0 spiro atoms. The van der Waals surface area contributed by atoms with E-state index < -0.39 is 4.92 Å². The fraction of sp³-hybridized carbons (Fsp3) is 0.208. The summed E-state index contributed by atoms with van der Waals surface area (Å²) >= 11 is 0. The molecule has 2 heterocycles. The highest BCUT2D eigenvalue weighted by atomic mass is 16.6. The first-order chi connectivity index (χ1) is 15.2. The minimum Gasteiger partial charge on any atom is -0.267 e. The van der Waals surface area contributed by atoms with Gasteiger partial charge in [0.1, 0.15) is 0 Å². The van der Waals surface area contributed by atoms with E-state index in [0.29, 0.717) is 22.7 Å². The minimum absolute atomic E-state index is 0.00654. The lowest BCUT2D eigenvalue weighted by Gasteiger charge is -2.13. The number of hydrazone groups is 1. The van der Waals surface area contributed by atoms with Crippen molar-refractivity contribution in [3.63, 3.8) is 0 Å². The van der Waals surface area contributed by atoms with Gasteiger partial charge in [-0.15, -0.1) is 0 Å². The van der Waals surface area contributed by atoms with Crippen molar-refractivity contribution in [1.82, 2.24) is 9.78 Å². The van der Waals surface area contributed by atoms with Crippen molar-refractivity contribution in [2.45, 2.75) is 34.6 Å². The SMILES string of the molecule is CC1=NN(c2ccc(C)c(C)c2)C(=O)/C1=C/c1c(C)nn(-c2cccc([N+](=O)[O-])c2)c1C. The molecule has 4 rings (SSSR count). The molecule has 1 amide bonds. The van der Waals surface area contributed by atoms with Crippen LogP contribution in [0.5, 0.6) is 0 Å². The number of hydrogen-bond acceptors (Lipinski definition) is 5. The summed E-state index contributed by atoms with van der Waals surface area (Å²) in [6.45, 7) is 9.55. The maximum atomic E-state index is 13.2. The highest BCUT2D eigenvalue weighted by Crippen LogP contribution is 2.29. The summed E-state index contributed by atoms with van der Waals surface area (Å²) in [7, 11) is 0. The summed E-state index contributed by atoms with van der Waals surface area (Å²) < 4.78 is 1.65. The third kappa shape index (κ3) is 3.60. The average molecular weight is 429 g/mol. The Labute approximate surface area is 185 Å². The number of anilines is 1. The summed E-state index contributed by atoms with van der Waals surface area (Å²) in [5.41, 5.74) is 6.94. The Morgan fingerprint density at radius 2 is 1.72 bits per heavy atom. The molecule has 0 bridgehead atoms. The van der Waals surface area contributed by atoms with E-state index in [0.717, 1.165) is 28.1 Å². The number of non-ortho nitro benzene ring substituents is 1. The molecule has 0 saturated heterocycles. The van der Waals surface area contributed by atoms with E-state index in [1.165, 1.54) is 17.1 Å². The predicted molar refractivity (Wildman–Crippen MR) is 124 cm³/mol. The molecular weight excluding hydrogens is 406 g/mol. The Kier molecular flexibility index (Phi) is 5.22. The Hall–Kier alpha value is -4.07. The lowest BCUT2D eigenvalue weighted by molar-refractivity contribution is -0.384. The molecular formula is C24H23N5O3. The van der Waals surface area contributed by atoms with Crippen LogP contribution in [0, 0.1) is 37.8 Å². The molecule has 0 aliphatic carbocycles. The van der Waals surface area contributed by atoms with E-state index in [-0.39, 0.29) is 11.6 Å². The Morgan fingerprint density at radius 1 is 0.969 bits per heavy atom. The number of carbonyl (C=O) groups is 1. The van der Waals surface area contributed by atoms with Crippen molar-refractivity contribution >= 4 is 29.1 Å². The molecule has 0 saturated carbocycles. The van der Waals surface area contributed by atoms with E-state index in [9.17, 15) is 14.9 Å². The zero-order valence-electron chi connectivity index (χ0n) is 18.6. The number of aromatic nitrogens is 2. The van der Waals surface area contributed by atoms with Gasteiger partial charge in [-0.25, -0.2) is 4.68 Å². The first-order valence-electron chi connectivity index (χ1n) is 10.2. The van der Waals surface area contributed by atoms with Crippen molar-refractivity contribution in [2.75, 3.05) is 5.01 Å². The van der Waals surface area contributed by atoms with E-state index in [2.05, 4.69) is 10.2 Å². The molecule has 8 heteroatoms. The number of amides is 1. The predicted octanol–water partition coefficient (Wildman–Crippen LogP) is 4.82. The third-order valence-electron chi connectivity index (χ3n) is 5.72. The molecule has 0 N–H and O–H groups in total. The molecule has 1 aromatic heterocycles.